The third-order valence-electron chi connectivity index (χ3n) is 2.59. The van der Waals surface area contributed by atoms with Gasteiger partial charge in [-0.25, -0.2) is 0 Å². The zero-order valence-electron chi connectivity index (χ0n) is 10.0. The zero-order valence-corrected chi connectivity index (χ0v) is 10.0. The van der Waals surface area contributed by atoms with Gasteiger partial charge in [-0.2, -0.15) is 0 Å². The van der Waals surface area contributed by atoms with Gasteiger partial charge in [0.15, 0.2) is 0 Å². The summed E-state index contributed by atoms with van der Waals surface area (Å²) in [6.07, 6.45) is 0.362. The molecule has 5 heteroatoms. The average molecular weight is 231 g/mol. The third-order valence-corrected chi connectivity index (χ3v) is 2.59. The molecule has 1 fully saturated rings. The van der Waals surface area contributed by atoms with Gasteiger partial charge in [-0.15, -0.1) is 0 Å². The summed E-state index contributed by atoms with van der Waals surface area (Å²) < 4.78 is 10.8. The van der Waals surface area contributed by atoms with Crippen LogP contribution in [0.1, 0.15) is 20.3 Å². The Morgan fingerprint density at radius 1 is 1.62 bits per heavy atom. The molecule has 1 saturated heterocycles. The molecule has 1 unspecified atom stereocenters. The van der Waals surface area contributed by atoms with E-state index in [1.54, 1.807) is 0 Å². The molecule has 16 heavy (non-hydrogen) atoms. The number of aliphatic carboxylic acids is 1. The third kappa shape index (κ3) is 4.92. The minimum atomic E-state index is -0.773. The Balaban J connectivity index is 2.31. The summed E-state index contributed by atoms with van der Waals surface area (Å²) in [5.74, 6) is -0.773. The maximum absolute atomic E-state index is 10.7. The van der Waals surface area contributed by atoms with Crippen LogP contribution in [-0.2, 0) is 14.3 Å². The molecule has 1 rings (SSSR count). The molecule has 1 heterocycles. The van der Waals surface area contributed by atoms with Crippen LogP contribution in [-0.4, -0.2) is 61.0 Å². The Kier molecular flexibility index (Phi) is 5.73. The average Bonchev–Trinajstić information content (AvgIpc) is 2.19. The molecule has 0 aromatic carbocycles. The van der Waals surface area contributed by atoms with Crippen LogP contribution in [0.15, 0.2) is 0 Å². The van der Waals surface area contributed by atoms with E-state index >= 15 is 0 Å². The molecule has 0 radical (unpaired) electrons. The standard InChI is InChI=1S/C11H21NO4/c1-9(2)16-6-4-12-3-5-15-8-10(12)7-11(13)14/h9-10H,3-8H2,1-2H3,(H,13,14). The van der Waals surface area contributed by atoms with Gasteiger partial charge in [0, 0.05) is 19.1 Å². The molecule has 1 aliphatic rings. The van der Waals surface area contributed by atoms with Crippen molar-refractivity contribution in [2.24, 2.45) is 0 Å². The molecule has 0 saturated carbocycles. The fourth-order valence-corrected chi connectivity index (χ4v) is 1.78. The number of rotatable bonds is 6. The van der Waals surface area contributed by atoms with Gasteiger partial charge in [-0.3, -0.25) is 9.69 Å². The molecule has 1 N–H and O–H groups in total. The Morgan fingerprint density at radius 3 is 3.00 bits per heavy atom. The minimum Gasteiger partial charge on any atom is -0.481 e. The van der Waals surface area contributed by atoms with E-state index in [1.165, 1.54) is 0 Å². The molecule has 0 spiro atoms. The van der Waals surface area contributed by atoms with E-state index in [0.717, 1.165) is 13.1 Å². The van der Waals surface area contributed by atoms with Crippen LogP contribution in [0, 0.1) is 0 Å². The summed E-state index contributed by atoms with van der Waals surface area (Å²) in [6.45, 7) is 7.39. The van der Waals surface area contributed by atoms with Crippen molar-refractivity contribution in [2.45, 2.75) is 32.4 Å². The highest BCUT2D eigenvalue weighted by atomic mass is 16.5. The molecular formula is C11H21NO4. The lowest BCUT2D eigenvalue weighted by Gasteiger charge is -2.34. The Hall–Kier alpha value is -0.650. The molecule has 5 nitrogen and oxygen atoms in total. The number of morpholine rings is 1. The van der Waals surface area contributed by atoms with E-state index in [9.17, 15) is 4.79 Å². The van der Waals surface area contributed by atoms with Crippen LogP contribution in [0.25, 0.3) is 0 Å². The second-order valence-electron chi connectivity index (χ2n) is 4.28. The second-order valence-corrected chi connectivity index (χ2v) is 4.28. The first-order valence-electron chi connectivity index (χ1n) is 5.74. The lowest BCUT2D eigenvalue weighted by atomic mass is 10.1. The van der Waals surface area contributed by atoms with Crippen molar-refractivity contribution in [3.8, 4) is 0 Å². The lowest BCUT2D eigenvalue weighted by Crippen LogP contribution is -2.47. The predicted octanol–water partition coefficient (Wildman–Crippen LogP) is 0.587. The van der Waals surface area contributed by atoms with Gasteiger partial charge in [-0.1, -0.05) is 0 Å². The first-order chi connectivity index (χ1) is 7.59. The zero-order chi connectivity index (χ0) is 12.0. The molecule has 0 aliphatic carbocycles. The molecule has 1 aliphatic heterocycles. The van der Waals surface area contributed by atoms with Crippen LogP contribution in [0.3, 0.4) is 0 Å². The van der Waals surface area contributed by atoms with Crippen molar-refractivity contribution in [3.05, 3.63) is 0 Å². The topological polar surface area (TPSA) is 59.0 Å². The summed E-state index contributed by atoms with van der Waals surface area (Å²) in [5, 5.41) is 8.78. The lowest BCUT2D eigenvalue weighted by molar-refractivity contribution is -0.140. The number of carboxylic acids is 1. The highest BCUT2D eigenvalue weighted by Gasteiger charge is 2.24. The van der Waals surface area contributed by atoms with E-state index < -0.39 is 5.97 Å². The highest BCUT2D eigenvalue weighted by Crippen LogP contribution is 2.10. The van der Waals surface area contributed by atoms with Gasteiger partial charge < -0.3 is 14.6 Å². The van der Waals surface area contributed by atoms with Gasteiger partial charge in [0.2, 0.25) is 0 Å². The van der Waals surface area contributed by atoms with E-state index in [4.69, 9.17) is 14.6 Å². The van der Waals surface area contributed by atoms with Crippen molar-refractivity contribution in [3.63, 3.8) is 0 Å². The molecule has 0 bridgehead atoms. The largest absolute Gasteiger partial charge is 0.481 e. The number of ether oxygens (including phenoxy) is 2. The fourth-order valence-electron chi connectivity index (χ4n) is 1.78. The maximum atomic E-state index is 10.7. The maximum Gasteiger partial charge on any atom is 0.305 e. The fraction of sp³-hybridized carbons (Fsp3) is 0.909. The number of carbonyl (C=O) groups is 1. The summed E-state index contributed by atoms with van der Waals surface area (Å²) in [6, 6.07) is -0.0120. The van der Waals surface area contributed by atoms with Gasteiger partial charge in [0.1, 0.15) is 0 Å². The van der Waals surface area contributed by atoms with Gasteiger partial charge in [0.05, 0.1) is 32.3 Å². The van der Waals surface area contributed by atoms with Crippen LogP contribution in [0.4, 0.5) is 0 Å². The monoisotopic (exact) mass is 231 g/mol. The van der Waals surface area contributed by atoms with E-state index in [0.29, 0.717) is 19.8 Å². The van der Waals surface area contributed by atoms with E-state index in [2.05, 4.69) is 4.90 Å². The van der Waals surface area contributed by atoms with Crippen molar-refractivity contribution in [1.82, 2.24) is 4.90 Å². The second kappa shape index (κ2) is 6.83. The summed E-state index contributed by atoms with van der Waals surface area (Å²) >= 11 is 0. The summed E-state index contributed by atoms with van der Waals surface area (Å²) in [5.41, 5.74) is 0. The smallest absolute Gasteiger partial charge is 0.305 e. The van der Waals surface area contributed by atoms with Gasteiger partial charge in [0.25, 0.3) is 0 Å². The van der Waals surface area contributed by atoms with Crippen LogP contribution in [0.2, 0.25) is 0 Å². The van der Waals surface area contributed by atoms with Crippen LogP contribution < -0.4 is 0 Å². The minimum absolute atomic E-state index is 0.0120. The van der Waals surface area contributed by atoms with Gasteiger partial charge >= 0.3 is 5.97 Å². The Bertz CT molecular complexity index is 220. The molecule has 94 valence electrons. The highest BCUT2D eigenvalue weighted by molar-refractivity contribution is 5.67. The van der Waals surface area contributed by atoms with Crippen LogP contribution in [0.5, 0.6) is 0 Å². The van der Waals surface area contributed by atoms with Crippen LogP contribution >= 0.6 is 0 Å². The van der Waals surface area contributed by atoms with E-state index in [-0.39, 0.29) is 18.6 Å². The first kappa shape index (κ1) is 13.4. The van der Waals surface area contributed by atoms with Crippen molar-refractivity contribution >= 4 is 5.97 Å². The number of hydrogen-bond acceptors (Lipinski definition) is 4. The van der Waals surface area contributed by atoms with E-state index in [1.807, 2.05) is 13.8 Å². The Morgan fingerprint density at radius 2 is 2.38 bits per heavy atom. The van der Waals surface area contributed by atoms with Crippen molar-refractivity contribution in [1.29, 1.82) is 0 Å². The number of hydrogen-bond donors (Lipinski definition) is 1. The normalized spacial score (nSPS) is 22.6. The summed E-state index contributed by atoms with van der Waals surface area (Å²) in [7, 11) is 0. The quantitative estimate of drug-likeness (QED) is 0.725. The molecule has 0 amide bonds. The number of carboxylic acid groups (broad SMARTS) is 1. The molecular weight excluding hydrogens is 210 g/mol. The SMILES string of the molecule is CC(C)OCCN1CCOCC1CC(=O)O. The predicted molar refractivity (Wildman–Crippen MR) is 59.5 cm³/mol. The first-order valence-corrected chi connectivity index (χ1v) is 5.74. The molecule has 0 aromatic rings. The van der Waals surface area contributed by atoms with Crippen molar-refractivity contribution < 1.29 is 19.4 Å². The Labute approximate surface area is 96.3 Å². The molecule has 0 aromatic heterocycles. The van der Waals surface area contributed by atoms with Gasteiger partial charge in [-0.05, 0) is 13.8 Å². The summed E-state index contributed by atoms with van der Waals surface area (Å²) in [4.78, 5) is 12.8. The number of nitrogens with zero attached hydrogens (tertiary/aromatic N) is 1. The van der Waals surface area contributed by atoms with Crippen molar-refractivity contribution in [2.75, 3.05) is 32.9 Å². The molecule has 1 atom stereocenters.